The van der Waals surface area contributed by atoms with Gasteiger partial charge in [-0.1, -0.05) is 0 Å². The van der Waals surface area contributed by atoms with Gasteiger partial charge in [-0.05, 0) is 0 Å². The topological polar surface area (TPSA) is 43.1 Å². The Balaban J connectivity index is 2.35. The molecule has 1 rings (SSSR count). The number of thioether (sulfide) groups is 1. The Morgan fingerprint density at radius 3 is 2.75 bits per heavy atom. The average molecular weight is 133 g/mol. The highest BCUT2D eigenvalue weighted by Gasteiger charge is 2.24. The molecule has 1 aliphatic heterocycles. The SMILES string of the molecule is O=[N+]([O-])C1CCSC1. The fraction of sp³-hybridized carbons (Fsp3) is 1.00. The molecule has 0 aromatic rings. The standard InChI is InChI=1S/C4H7NO2S/c6-5(7)4-1-2-8-3-4/h4H,1-3H2. The Hall–Kier alpha value is -0.250. The summed E-state index contributed by atoms with van der Waals surface area (Å²) in [7, 11) is 0. The maximum atomic E-state index is 9.99. The summed E-state index contributed by atoms with van der Waals surface area (Å²) in [6.07, 6.45) is 0.762. The zero-order valence-electron chi connectivity index (χ0n) is 4.37. The lowest BCUT2D eigenvalue weighted by molar-refractivity contribution is -0.515. The lowest BCUT2D eigenvalue weighted by Crippen LogP contribution is -2.17. The molecule has 0 aromatic carbocycles. The second-order valence-electron chi connectivity index (χ2n) is 1.80. The quantitative estimate of drug-likeness (QED) is 0.392. The van der Waals surface area contributed by atoms with Crippen LogP contribution in [0.25, 0.3) is 0 Å². The monoisotopic (exact) mass is 133 g/mol. The predicted octanol–water partition coefficient (Wildman–Crippen LogP) is 0.769. The molecule has 1 fully saturated rings. The molecule has 1 aliphatic rings. The smallest absolute Gasteiger partial charge is 0.222 e. The zero-order chi connectivity index (χ0) is 5.98. The van der Waals surface area contributed by atoms with Gasteiger partial charge in [0.1, 0.15) is 0 Å². The van der Waals surface area contributed by atoms with Gasteiger partial charge in [-0.25, -0.2) is 0 Å². The Labute approximate surface area is 51.6 Å². The second kappa shape index (κ2) is 2.35. The first-order chi connectivity index (χ1) is 3.80. The van der Waals surface area contributed by atoms with Crippen molar-refractivity contribution in [1.29, 1.82) is 0 Å². The van der Waals surface area contributed by atoms with Crippen molar-refractivity contribution in [2.45, 2.75) is 12.5 Å². The predicted molar refractivity (Wildman–Crippen MR) is 32.7 cm³/mol. The highest BCUT2D eigenvalue weighted by atomic mass is 32.2. The summed E-state index contributed by atoms with van der Waals surface area (Å²) in [5, 5.41) is 9.99. The van der Waals surface area contributed by atoms with Gasteiger partial charge in [-0.2, -0.15) is 11.8 Å². The molecule has 8 heavy (non-hydrogen) atoms. The second-order valence-corrected chi connectivity index (χ2v) is 2.95. The van der Waals surface area contributed by atoms with Crippen LogP contribution in [-0.4, -0.2) is 22.5 Å². The summed E-state index contributed by atoms with van der Waals surface area (Å²) in [4.78, 5) is 9.81. The number of hydrogen-bond acceptors (Lipinski definition) is 3. The van der Waals surface area contributed by atoms with Crippen molar-refractivity contribution in [2.75, 3.05) is 11.5 Å². The molecule has 4 heteroatoms. The fourth-order valence-corrected chi connectivity index (χ4v) is 1.85. The summed E-state index contributed by atoms with van der Waals surface area (Å²) in [6.45, 7) is 0. The van der Waals surface area contributed by atoms with Crippen molar-refractivity contribution in [2.24, 2.45) is 0 Å². The van der Waals surface area contributed by atoms with Crippen molar-refractivity contribution in [3.63, 3.8) is 0 Å². The van der Waals surface area contributed by atoms with Crippen LogP contribution < -0.4 is 0 Å². The molecule has 0 spiro atoms. The minimum atomic E-state index is -0.250. The van der Waals surface area contributed by atoms with E-state index in [0.29, 0.717) is 5.75 Å². The van der Waals surface area contributed by atoms with Crippen molar-refractivity contribution < 1.29 is 4.92 Å². The van der Waals surface area contributed by atoms with Gasteiger partial charge < -0.3 is 0 Å². The number of nitro groups is 1. The highest BCUT2D eigenvalue weighted by Crippen LogP contribution is 2.18. The van der Waals surface area contributed by atoms with Crippen LogP contribution >= 0.6 is 11.8 Å². The van der Waals surface area contributed by atoms with Gasteiger partial charge in [-0.3, -0.25) is 10.1 Å². The summed E-state index contributed by atoms with van der Waals surface area (Å²) in [5.74, 6) is 1.68. The minimum Gasteiger partial charge on any atom is -0.264 e. The molecular weight excluding hydrogens is 126 g/mol. The van der Waals surface area contributed by atoms with E-state index in [9.17, 15) is 10.1 Å². The van der Waals surface area contributed by atoms with Gasteiger partial charge in [-0.15, -0.1) is 0 Å². The normalized spacial score (nSPS) is 28.2. The van der Waals surface area contributed by atoms with Gasteiger partial charge in [0, 0.05) is 17.1 Å². The molecule has 0 amide bonds. The van der Waals surface area contributed by atoms with Crippen LogP contribution in [0.2, 0.25) is 0 Å². The van der Waals surface area contributed by atoms with Gasteiger partial charge in [0.2, 0.25) is 6.04 Å². The third-order valence-electron chi connectivity index (χ3n) is 1.20. The molecule has 0 radical (unpaired) electrons. The van der Waals surface area contributed by atoms with E-state index in [1.165, 1.54) is 0 Å². The Bertz CT molecular complexity index is 100. The molecule has 1 atom stereocenters. The van der Waals surface area contributed by atoms with Crippen LogP contribution in [0.15, 0.2) is 0 Å². The molecule has 3 nitrogen and oxygen atoms in total. The molecule has 1 heterocycles. The van der Waals surface area contributed by atoms with E-state index >= 15 is 0 Å². The Morgan fingerprint density at radius 2 is 2.50 bits per heavy atom. The van der Waals surface area contributed by atoms with E-state index in [-0.39, 0.29) is 11.0 Å². The van der Waals surface area contributed by atoms with E-state index in [4.69, 9.17) is 0 Å². The molecule has 0 aliphatic carbocycles. The number of hydrogen-bond donors (Lipinski definition) is 0. The summed E-state index contributed by atoms with van der Waals surface area (Å²) in [5.41, 5.74) is 0. The van der Waals surface area contributed by atoms with Gasteiger partial charge in [0.05, 0.1) is 5.75 Å². The maximum absolute atomic E-state index is 9.99. The number of nitrogens with zero attached hydrogens (tertiary/aromatic N) is 1. The van der Waals surface area contributed by atoms with Crippen LogP contribution in [0.5, 0.6) is 0 Å². The van der Waals surface area contributed by atoms with Crippen LogP contribution in [0.3, 0.4) is 0 Å². The van der Waals surface area contributed by atoms with E-state index in [2.05, 4.69) is 0 Å². The van der Waals surface area contributed by atoms with E-state index in [1.807, 2.05) is 0 Å². The Morgan fingerprint density at radius 1 is 1.75 bits per heavy atom. The van der Waals surface area contributed by atoms with Crippen LogP contribution in [-0.2, 0) is 0 Å². The van der Waals surface area contributed by atoms with Crippen molar-refractivity contribution >= 4 is 11.8 Å². The van der Waals surface area contributed by atoms with Crippen molar-refractivity contribution in [3.8, 4) is 0 Å². The first-order valence-electron chi connectivity index (χ1n) is 2.52. The molecule has 1 unspecified atom stereocenters. The third kappa shape index (κ3) is 1.12. The van der Waals surface area contributed by atoms with Gasteiger partial charge in [0.15, 0.2) is 0 Å². The van der Waals surface area contributed by atoms with Crippen LogP contribution in [0.4, 0.5) is 0 Å². The van der Waals surface area contributed by atoms with Crippen LogP contribution in [0.1, 0.15) is 6.42 Å². The number of rotatable bonds is 1. The van der Waals surface area contributed by atoms with Crippen molar-refractivity contribution in [1.82, 2.24) is 0 Å². The maximum Gasteiger partial charge on any atom is 0.222 e. The summed E-state index contributed by atoms with van der Waals surface area (Å²) >= 11 is 1.67. The third-order valence-corrected chi connectivity index (χ3v) is 2.35. The molecule has 0 N–H and O–H groups in total. The summed E-state index contributed by atoms with van der Waals surface area (Å²) < 4.78 is 0. The van der Waals surface area contributed by atoms with Gasteiger partial charge in [0.25, 0.3) is 0 Å². The van der Waals surface area contributed by atoms with Crippen molar-refractivity contribution in [3.05, 3.63) is 10.1 Å². The first kappa shape index (κ1) is 5.88. The zero-order valence-corrected chi connectivity index (χ0v) is 5.19. The minimum absolute atomic E-state index is 0.181. The van der Waals surface area contributed by atoms with E-state index in [1.54, 1.807) is 11.8 Å². The van der Waals surface area contributed by atoms with E-state index in [0.717, 1.165) is 12.2 Å². The molecule has 1 saturated heterocycles. The first-order valence-corrected chi connectivity index (χ1v) is 3.67. The van der Waals surface area contributed by atoms with Gasteiger partial charge >= 0.3 is 0 Å². The fourth-order valence-electron chi connectivity index (χ4n) is 0.688. The highest BCUT2D eigenvalue weighted by molar-refractivity contribution is 7.99. The Kier molecular flexibility index (Phi) is 1.73. The lowest BCUT2D eigenvalue weighted by atomic mass is 10.3. The average Bonchev–Trinajstić information content (AvgIpc) is 2.12. The molecule has 0 aromatic heterocycles. The molecule has 46 valence electrons. The molecular formula is C4H7NO2S. The molecule has 0 bridgehead atoms. The van der Waals surface area contributed by atoms with Crippen LogP contribution in [0, 0.1) is 10.1 Å². The lowest BCUT2D eigenvalue weighted by Gasteiger charge is -1.94. The largest absolute Gasteiger partial charge is 0.264 e. The molecule has 0 saturated carbocycles. The summed E-state index contributed by atoms with van der Waals surface area (Å²) in [6, 6.07) is -0.250. The van der Waals surface area contributed by atoms with E-state index < -0.39 is 0 Å².